The lowest BCUT2D eigenvalue weighted by Crippen LogP contribution is -2.00. The van der Waals surface area contributed by atoms with Crippen LogP contribution < -0.4 is 5.32 Å². The predicted octanol–water partition coefficient (Wildman–Crippen LogP) is 3.23. The van der Waals surface area contributed by atoms with E-state index >= 15 is 0 Å². The molecule has 0 fully saturated rings. The van der Waals surface area contributed by atoms with Crippen LogP contribution in [0.4, 0.5) is 10.1 Å². The summed E-state index contributed by atoms with van der Waals surface area (Å²) < 4.78 is 13.4. The molecule has 3 nitrogen and oxygen atoms in total. The summed E-state index contributed by atoms with van der Waals surface area (Å²) in [6.07, 6.45) is 1.78. The van der Waals surface area contributed by atoms with Gasteiger partial charge in [-0.2, -0.15) is 5.10 Å². The second-order valence-corrected chi connectivity index (χ2v) is 4.36. The Morgan fingerprint density at radius 2 is 2.31 bits per heavy atom. The fourth-order valence-electron chi connectivity index (χ4n) is 1.36. The molecule has 0 aliphatic carbocycles. The Labute approximate surface area is 101 Å². The number of halogens is 2. The maximum Gasteiger partial charge on any atom is 0.137 e. The van der Waals surface area contributed by atoms with Gasteiger partial charge in [0.25, 0.3) is 0 Å². The van der Waals surface area contributed by atoms with Crippen LogP contribution in [0.3, 0.4) is 0 Å². The van der Waals surface area contributed by atoms with Crippen LogP contribution in [0.25, 0.3) is 0 Å². The van der Waals surface area contributed by atoms with E-state index in [-0.39, 0.29) is 5.82 Å². The molecule has 1 heterocycles. The molecule has 2 N–H and O–H groups in total. The lowest BCUT2D eigenvalue weighted by molar-refractivity contribution is 0.621. The molecule has 0 saturated heterocycles. The van der Waals surface area contributed by atoms with Crippen LogP contribution in [0, 0.1) is 12.7 Å². The summed E-state index contributed by atoms with van der Waals surface area (Å²) in [5.41, 5.74) is 3.00. The maximum atomic E-state index is 13.0. The second-order valence-electron chi connectivity index (χ2n) is 3.50. The van der Waals surface area contributed by atoms with E-state index in [0.717, 1.165) is 16.9 Å². The zero-order chi connectivity index (χ0) is 11.5. The molecule has 84 valence electrons. The fraction of sp³-hybridized carbons (Fsp3) is 0.182. The van der Waals surface area contributed by atoms with Crippen LogP contribution in [0.5, 0.6) is 0 Å². The molecule has 0 saturated carbocycles. The summed E-state index contributed by atoms with van der Waals surface area (Å²) in [6.45, 7) is 2.63. The second kappa shape index (κ2) is 4.65. The van der Waals surface area contributed by atoms with E-state index < -0.39 is 0 Å². The molecule has 0 bridgehead atoms. The third-order valence-electron chi connectivity index (χ3n) is 2.34. The lowest BCUT2D eigenvalue weighted by atomic mass is 10.2. The van der Waals surface area contributed by atoms with E-state index in [2.05, 4.69) is 31.4 Å². The summed E-state index contributed by atoms with van der Waals surface area (Å²) in [5.74, 6) is -0.259. The number of aryl methyl sites for hydroxylation is 1. The number of anilines is 1. The molecule has 1 aromatic carbocycles. The number of aromatic nitrogens is 2. The summed E-state index contributed by atoms with van der Waals surface area (Å²) in [5, 5.41) is 10.00. The number of hydrogen-bond donors (Lipinski definition) is 2. The van der Waals surface area contributed by atoms with Gasteiger partial charge in [-0.15, -0.1) is 0 Å². The Bertz CT molecular complexity index is 496. The van der Waals surface area contributed by atoms with E-state index in [9.17, 15) is 4.39 Å². The Kier molecular flexibility index (Phi) is 3.24. The average molecular weight is 284 g/mol. The van der Waals surface area contributed by atoms with Crippen LogP contribution in [-0.4, -0.2) is 10.2 Å². The molecule has 0 unspecified atom stereocenters. The van der Waals surface area contributed by atoms with E-state index in [1.54, 1.807) is 18.3 Å². The maximum absolute atomic E-state index is 13.0. The predicted molar refractivity (Wildman–Crippen MR) is 64.8 cm³/mol. The number of benzene rings is 1. The molecule has 0 aliphatic rings. The summed E-state index contributed by atoms with van der Waals surface area (Å²) in [4.78, 5) is 0. The topological polar surface area (TPSA) is 40.7 Å². The smallest absolute Gasteiger partial charge is 0.137 e. The standard InChI is InChI=1S/C11H11BrFN3/c1-7-8(6-15-16-7)5-14-9-2-3-11(13)10(12)4-9/h2-4,6,14H,5H2,1H3,(H,15,16). The minimum Gasteiger partial charge on any atom is -0.381 e. The molecule has 1 aromatic heterocycles. The Balaban J connectivity index is 2.05. The van der Waals surface area contributed by atoms with Crippen molar-refractivity contribution in [1.82, 2.24) is 10.2 Å². The van der Waals surface area contributed by atoms with Gasteiger partial charge in [0.1, 0.15) is 5.82 Å². The van der Waals surface area contributed by atoms with Crippen molar-refractivity contribution < 1.29 is 4.39 Å². The number of nitrogens with zero attached hydrogens (tertiary/aromatic N) is 1. The Morgan fingerprint density at radius 3 is 2.94 bits per heavy atom. The van der Waals surface area contributed by atoms with Gasteiger partial charge in [-0.05, 0) is 41.1 Å². The number of hydrogen-bond acceptors (Lipinski definition) is 2. The quantitative estimate of drug-likeness (QED) is 0.908. The average Bonchev–Trinajstić information content (AvgIpc) is 2.66. The number of nitrogens with one attached hydrogen (secondary N) is 2. The van der Waals surface area contributed by atoms with Gasteiger partial charge in [0, 0.05) is 23.5 Å². The van der Waals surface area contributed by atoms with Gasteiger partial charge in [0.05, 0.1) is 10.7 Å². The number of H-pyrrole nitrogens is 1. The molecule has 0 atom stereocenters. The zero-order valence-electron chi connectivity index (χ0n) is 8.72. The molecule has 0 aliphatic heterocycles. The Hall–Kier alpha value is -1.36. The number of aromatic amines is 1. The minimum absolute atomic E-state index is 0.259. The highest BCUT2D eigenvalue weighted by Crippen LogP contribution is 2.20. The van der Waals surface area contributed by atoms with Gasteiger partial charge >= 0.3 is 0 Å². The fourth-order valence-corrected chi connectivity index (χ4v) is 1.74. The van der Waals surface area contributed by atoms with E-state index in [4.69, 9.17) is 0 Å². The summed E-state index contributed by atoms with van der Waals surface area (Å²) >= 11 is 3.15. The van der Waals surface area contributed by atoms with E-state index in [0.29, 0.717) is 11.0 Å². The highest BCUT2D eigenvalue weighted by Gasteiger charge is 2.02. The molecule has 5 heteroatoms. The van der Waals surface area contributed by atoms with Gasteiger partial charge in [-0.25, -0.2) is 4.39 Å². The minimum atomic E-state index is -0.259. The van der Waals surface area contributed by atoms with Crippen molar-refractivity contribution in [1.29, 1.82) is 0 Å². The normalized spacial score (nSPS) is 10.4. The molecule has 0 amide bonds. The van der Waals surface area contributed by atoms with Crippen LogP contribution in [0.15, 0.2) is 28.9 Å². The largest absolute Gasteiger partial charge is 0.381 e. The van der Waals surface area contributed by atoms with Crippen molar-refractivity contribution in [2.75, 3.05) is 5.32 Å². The third kappa shape index (κ3) is 2.41. The summed E-state index contributed by atoms with van der Waals surface area (Å²) in [6, 6.07) is 4.84. The van der Waals surface area contributed by atoms with Gasteiger partial charge in [-0.3, -0.25) is 5.10 Å². The highest BCUT2D eigenvalue weighted by atomic mass is 79.9. The summed E-state index contributed by atoms with van der Waals surface area (Å²) in [7, 11) is 0. The Morgan fingerprint density at radius 1 is 1.50 bits per heavy atom. The molecule has 2 aromatic rings. The van der Waals surface area contributed by atoms with Crippen LogP contribution >= 0.6 is 15.9 Å². The molecule has 0 spiro atoms. The SMILES string of the molecule is Cc1[nH]ncc1CNc1ccc(F)c(Br)c1. The van der Waals surface area contributed by atoms with Crippen molar-refractivity contribution >= 4 is 21.6 Å². The molecule has 0 radical (unpaired) electrons. The van der Waals surface area contributed by atoms with Gasteiger partial charge in [0.15, 0.2) is 0 Å². The van der Waals surface area contributed by atoms with Crippen molar-refractivity contribution in [3.8, 4) is 0 Å². The van der Waals surface area contributed by atoms with E-state index in [1.165, 1.54) is 6.07 Å². The van der Waals surface area contributed by atoms with Gasteiger partial charge in [-0.1, -0.05) is 0 Å². The molecular formula is C11H11BrFN3. The van der Waals surface area contributed by atoms with Crippen LogP contribution in [-0.2, 0) is 6.54 Å². The van der Waals surface area contributed by atoms with Crippen LogP contribution in [0.1, 0.15) is 11.3 Å². The first-order valence-electron chi connectivity index (χ1n) is 4.84. The van der Waals surface area contributed by atoms with Crippen molar-refractivity contribution in [2.24, 2.45) is 0 Å². The number of rotatable bonds is 3. The first-order valence-corrected chi connectivity index (χ1v) is 5.64. The third-order valence-corrected chi connectivity index (χ3v) is 2.94. The molecular weight excluding hydrogens is 273 g/mol. The molecule has 2 rings (SSSR count). The first-order chi connectivity index (χ1) is 7.66. The molecule has 16 heavy (non-hydrogen) atoms. The monoisotopic (exact) mass is 283 g/mol. The lowest BCUT2D eigenvalue weighted by Gasteiger charge is -2.06. The van der Waals surface area contributed by atoms with Crippen molar-refractivity contribution in [2.45, 2.75) is 13.5 Å². The van der Waals surface area contributed by atoms with Crippen LogP contribution in [0.2, 0.25) is 0 Å². The van der Waals surface area contributed by atoms with Gasteiger partial charge in [0.2, 0.25) is 0 Å². The van der Waals surface area contributed by atoms with Crippen molar-refractivity contribution in [3.05, 3.63) is 45.9 Å². The van der Waals surface area contributed by atoms with Gasteiger partial charge < -0.3 is 5.32 Å². The van der Waals surface area contributed by atoms with E-state index in [1.807, 2.05) is 6.92 Å². The van der Waals surface area contributed by atoms with Crippen molar-refractivity contribution in [3.63, 3.8) is 0 Å². The highest BCUT2D eigenvalue weighted by molar-refractivity contribution is 9.10. The zero-order valence-corrected chi connectivity index (χ0v) is 10.3. The first kappa shape index (κ1) is 11.1.